The van der Waals surface area contributed by atoms with Crippen LogP contribution in [0, 0.1) is 5.92 Å². The van der Waals surface area contributed by atoms with Crippen molar-refractivity contribution in [3.63, 3.8) is 0 Å². The number of hydrogen-bond donors (Lipinski definition) is 0. The van der Waals surface area contributed by atoms with Crippen molar-refractivity contribution < 1.29 is 34.2 Å². The van der Waals surface area contributed by atoms with Crippen molar-refractivity contribution in [1.82, 2.24) is 0 Å². The molecule has 0 saturated carbocycles. The Bertz CT molecular complexity index is 406. The van der Waals surface area contributed by atoms with Gasteiger partial charge in [-0.05, 0) is 0 Å². The molecule has 0 aromatic heterocycles. The summed E-state index contributed by atoms with van der Waals surface area (Å²) in [7, 11) is 0. The minimum absolute atomic E-state index is 0. The smallest absolute Gasteiger partial charge is 1.00 e. The van der Waals surface area contributed by atoms with Crippen molar-refractivity contribution in [2.75, 3.05) is 0 Å². The van der Waals surface area contributed by atoms with Crippen LogP contribution in [-0.4, -0.2) is 0 Å². The molecule has 2 aliphatic rings. The summed E-state index contributed by atoms with van der Waals surface area (Å²) in [6, 6.07) is 0. The summed E-state index contributed by atoms with van der Waals surface area (Å²) >= 11 is -1.68. The van der Waals surface area contributed by atoms with E-state index in [9.17, 15) is 0 Å². The van der Waals surface area contributed by atoms with Gasteiger partial charge in [-0.3, -0.25) is 0 Å². The zero-order valence-electron chi connectivity index (χ0n) is 11.4. The van der Waals surface area contributed by atoms with Gasteiger partial charge in [0.05, 0.1) is 0 Å². The maximum Gasteiger partial charge on any atom is -1.00 e. The third-order valence-corrected chi connectivity index (χ3v) is 10.5. The quantitative estimate of drug-likeness (QED) is 0.733. The van der Waals surface area contributed by atoms with Gasteiger partial charge in [0, 0.05) is 0 Å². The fourth-order valence-corrected chi connectivity index (χ4v) is 10.2. The summed E-state index contributed by atoms with van der Waals surface area (Å²) in [5.41, 5.74) is 0. The Morgan fingerprint density at radius 3 is 1.94 bits per heavy atom. The Morgan fingerprint density at radius 1 is 1.11 bits per heavy atom. The van der Waals surface area contributed by atoms with Gasteiger partial charge in [-0.15, -0.1) is 0 Å². The van der Waals surface area contributed by atoms with Crippen LogP contribution in [0.5, 0.6) is 0 Å². The predicted octanol–water partition coefficient (Wildman–Crippen LogP) is 1.86. The van der Waals surface area contributed by atoms with Gasteiger partial charge >= 0.3 is 114 Å². The van der Waals surface area contributed by atoms with Crippen LogP contribution >= 0.6 is 0 Å². The van der Waals surface area contributed by atoms with Crippen LogP contribution in [0.4, 0.5) is 0 Å². The van der Waals surface area contributed by atoms with E-state index < -0.39 is 21.8 Å². The number of halogens is 1. The van der Waals surface area contributed by atoms with Gasteiger partial charge in [0.15, 0.2) is 0 Å². The van der Waals surface area contributed by atoms with Crippen molar-refractivity contribution >= 4 is 0 Å². The van der Waals surface area contributed by atoms with Gasteiger partial charge in [-0.25, -0.2) is 0 Å². The van der Waals surface area contributed by atoms with Crippen LogP contribution in [0.3, 0.4) is 0 Å². The third-order valence-electron chi connectivity index (χ3n) is 3.16. The summed E-state index contributed by atoms with van der Waals surface area (Å²) in [5.74, 6) is 0.676. The summed E-state index contributed by atoms with van der Waals surface area (Å²) < 4.78 is 5.20. The fraction of sp³-hybridized carbons (Fsp3) is 0.375. The van der Waals surface area contributed by atoms with Crippen molar-refractivity contribution in [1.29, 1.82) is 0 Å². The molecule has 0 bridgehead atoms. The molecule has 96 valence electrons. The molecule has 0 aromatic rings. The van der Waals surface area contributed by atoms with Crippen LogP contribution in [0.15, 0.2) is 52.4 Å². The summed E-state index contributed by atoms with van der Waals surface area (Å²) in [5, 5.41) is 0. The van der Waals surface area contributed by atoms with E-state index in [2.05, 4.69) is 63.3 Å². The van der Waals surface area contributed by atoms with Crippen molar-refractivity contribution in [2.24, 2.45) is 5.92 Å². The first kappa shape index (κ1) is 15.9. The van der Waals surface area contributed by atoms with Crippen molar-refractivity contribution in [3.05, 3.63) is 52.4 Å². The molecule has 0 heterocycles. The minimum atomic E-state index is -1.68. The zero-order valence-corrected chi connectivity index (χ0v) is 14.6. The van der Waals surface area contributed by atoms with Crippen molar-refractivity contribution in [3.8, 4) is 0 Å². The first-order valence-electron chi connectivity index (χ1n) is 6.46. The molecule has 2 aliphatic carbocycles. The monoisotopic (exact) mass is 338 g/mol. The largest absolute Gasteiger partial charge is 1.00 e. The van der Waals surface area contributed by atoms with E-state index in [1.807, 2.05) is 0 Å². The summed E-state index contributed by atoms with van der Waals surface area (Å²) in [4.78, 5) is 0. The van der Waals surface area contributed by atoms with E-state index in [4.69, 9.17) is 0 Å². The molecule has 18 heavy (non-hydrogen) atoms. The van der Waals surface area contributed by atoms with Crippen LogP contribution < -0.4 is 12.4 Å². The van der Waals surface area contributed by atoms with E-state index in [-0.39, 0.29) is 12.4 Å². The minimum Gasteiger partial charge on any atom is -1.00 e. The third kappa shape index (κ3) is 3.93. The van der Waals surface area contributed by atoms with E-state index in [1.165, 1.54) is 12.8 Å². The second-order valence-corrected chi connectivity index (χ2v) is 12.1. The number of allylic oxidation sites excluding steroid dienone is 10. The first-order valence-corrected chi connectivity index (χ1v) is 10.1. The molecule has 2 heteroatoms. The first-order chi connectivity index (χ1) is 8.18. The normalized spacial score (nSPS) is 17.9. The number of hydrogen-bond acceptors (Lipinski definition) is 0. The molecule has 0 atom stereocenters. The zero-order chi connectivity index (χ0) is 12.3. The second-order valence-electron chi connectivity index (χ2n) is 5.12. The number of rotatable bonds is 4. The molecular formula is C16H21ClZr. The molecule has 0 unspecified atom stereocenters. The SMILES string of the molecule is C/[C](=C/C(C)C)[Zr+]([C]1=CC=CC1)[C]1=CC=CC1.[Cl-]. The Hall–Kier alpha value is -0.127. The topological polar surface area (TPSA) is 0 Å². The average Bonchev–Trinajstić information content (AvgIpc) is 2.88. The van der Waals surface area contributed by atoms with Crippen LogP contribution in [0.25, 0.3) is 0 Å². The van der Waals surface area contributed by atoms with Gasteiger partial charge in [0.25, 0.3) is 0 Å². The molecule has 0 N–H and O–H groups in total. The Balaban J connectivity index is 0.00000162. The molecule has 0 amide bonds. The maximum absolute atomic E-state index is 2.49. The molecular weight excluding hydrogens is 319 g/mol. The van der Waals surface area contributed by atoms with E-state index in [1.54, 1.807) is 9.84 Å². The molecule has 0 saturated heterocycles. The van der Waals surface area contributed by atoms with Crippen LogP contribution in [0.2, 0.25) is 0 Å². The Labute approximate surface area is 125 Å². The van der Waals surface area contributed by atoms with Gasteiger partial charge < -0.3 is 12.4 Å². The molecule has 0 fully saturated rings. The standard InChI is InChI=1S/C6H11.2C5H5.ClH.Zr/c1-4-5-6(2)3;2*1-2-4-5-3-1;;/h5-6H,1-3H3;2*1-3H,4H2;1H;/q;;;;+1/p-1. The summed E-state index contributed by atoms with van der Waals surface area (Å²) in [6.07, 6.45) is 18.8. The summed E-state index contributed by atoms with van der Waals surface area (Å²) in [6.45, 7) is 6.94. The van der Waals surface area contributed by atoms with E-state index >= 15 is 0 Å². The van der Waals surface area contributed by atoms with Gasteiger partial charge in [-0.1, -0.05) is 0 Å². The average molecular weight is 340 g/mol. The molecule has 0 nitrogen and oxygen atoms in total. The van der Waals surface area contributed by atoms with Crippen LogP contribution in [-0.2, 0) is 21.8 Å². The van der Waals surface area contributed by atoms with Gasteiger partial charge in [0.1, 0.15) is 0 Å². The molecule has 0 aromatic carbocycles. The molecule has 0 aliphatic heterocycles. The van der Waals surface area contributed by atoms with Gasteiger partial charge in [0.2, 0.25) is 0 Å². The van der Waals surface area contributed by atoms with E-state index in [0.29, 0.717) is 5.92 Å². The molecule has 0 spiro atoms. The van der Waals surface area contributed by atoms with Crippen LogP contribution in [0.1, 0.15) is 33.6 Å². The maximum atomic E-state index is 2.49. The Kier molecular flexibility index (Phi) is 6.60. The fourth-order valence-electron chi connectivity index (χ4n) is 2.56. The van der Waals surface area contributed by atoms with Crippen molar-refractivity contribution in [2.45, 2.75) is 33.6 Å². The van der Waals surface area contributed by atoms with Gasteiger partial charge in [-0.2, -0.15) is 0 Å². The second kappa shape index (κ2) is 7.46. The predicted molar refractivity (Wildman–Crippen MR) is 72.3 cm³/mol. The Morgan fingerprint density at radius 2 is 1.61 bits per heavy atom. The molecule has 0 radical (unpaired) electrons. The molecule has 2 rings (SSSR count). The van der Waals surface area contributed by atoms with E-state index in [0.717, 1.165) is 0 Å².